The van der Waals surface area contributed by atoms with Crippen molar-refractivity contribution in [2.24, 2.45) is 5.73 Å². The number of nitrogens with one attached hydrogen (secondary N) is 1. The fourth-order valence-corrected chi connectivity index (χ4v) is 2.37. The third-order valence-electron chi connectivity index (χ3n) is 2.19. The topological polar surface area (TPSA) is 89.3 Å². The van der Waals surface area contributed by atoms with E-state index in [9.17, 15) is 13.2 Å². The molecule has 2 atom stereocenters. The molecule has 6 heteroatoms. The summed E-state index contributed by atoms with van der Waals surface area (Å²) in [6.45, 7) is 6.49. The van der Waals surface area contributed by atoms with Crippen LogP contribution in [0.1, 0.15) is 27.7 Å². The van der Waals surface area contributed by atoms with Crippen LogP contribution in [0.4, 0.5) is 0 Å². The first-order chi connectivity index (χ1) is 6.73. The molecule has 0 heterocycles. The van der Waals surface area contributed by atoms with Crippen LogP contribution in [0.3, 0.4) is 0 Å². The highest BCUT2D eigenvalue weighted by Gasteiger charge is 2.32. The van der Waals surface area contributed by atoms with Crippen LogP contribution < -0.4 is 11.1 Å². The fourth-order valence-electron chi connectivity index (χ4n) is 1.03. The molecule has 0 aliphatic heterocycles. The van der Waals surface area contributed by atoms with Gasteiger partial charge in [-0.05, 0) is 27.7 Å². The summed E-state index contributed by atoms with van der Waals surface area (Å²) in [7, 11) is -3.47. The zero-order valence-electron chi connectivity index (χ0n) is 9.65. The number of amides is 1. The average molecular weight is 236 g/mol. The lowest BCUT2D eigenvalue weighted by atomic mass is 10.3. The van der Waals surface area contributed by atoms with Crippen molar-refractivity contribution in [1.29, 1.82) is 0 Å². The van der Waals surface area contributed by atoms with E-state index in [-0.39, 0.29) is 12.6 Å². The van der Waals surface area contributed by atoms with Crippen molar-refractivity contribution in [3.05, 3.63) is 0 Å². The molecule has 0 saturated heterocycles. The predicted octanol–water partition coefficient (Wildman–Crippen LogP) is -0.338. The van der Waals surface area contributed by atoms with E-state index in [0.29, 0.717) is 0 Å². The Bertz CT molecular complexity index is 311. The van der Waals surface area contributed by atoms with Crippen LogP contribution in [0, 0.1) is 0 Å². The van der Waals surface area contributed by atoms with E-state index in [1.54, 1.807) is 13.8 Å². The van der Waals surface area contributed by atoms with E-state index < -0.39 is 26.2 Å². The molecule has 15 heavy (non-hydrogen) atoms. The Kier molecular flexibility index (Phi) is 5.23. The number of sulfone groups is 1. The Balaban J connectivity index is 4.70. The monoisotopic (exact) mass is 236 g/mol. The first-order valence-corrected chi connectivity index (χ1v) is 6.57. The fraction of sp³-hybridized carbons (Fsp3) is 0.889. The molecule has 0 aromatic rings. The lowest BCUT2D eigenvalue weighted by Crippen LogP contribution is -2.45. The number of hydrogen-bond donors (Lipinski definition) is 2. The van der Waals surface area contributed by atoms with E-state index in [2.05, 4.69) is 5.32 Å². The summed E-state index contributed by atoms with van der Waals surface area (Å²) in [6.07, 6.45) is 0. The lowest BCUT2D eigenvalue weighted by molar-refractivity contribution is -0.120. The molecule has 0 rings (SSSR count). The van der Waals surface area contributed by atoms with Gasteiger partial charge in [-0.15, -0.1) is 0 Å². The van der Waals surface area contributed by atoms with Gasteiger partial charge in [0.2, 0.25) is 5.91 Å². The van der Waals surface area contributed by atoms with Gasteiger partial charge >= 0.3 is 0 Å². The van der Waals surface area contributed by atoms with Crippen molar-refractivity contribution in [1.82, 2.24) is 5.32 Å². The third-order valence-corrected chi connectivity index (χ3v) is 4.70. The van der Waals surface area contributed by atoms with Gasteiger partial charge in [-0.2, -0.15) is 0 Å². The van der Waals surface area contributed by atoms with E-state index in [4.69, 9.17) is 5.73 Å². The van der Waals surface area contributed by atoms with Gasteiger partial charge < -0.3 is 11.1 Å². The second-order valence-corrected chi connectivity index (χ2v) is 6.63. The second kappa shape index (κ2) is 5.46. The Labute approximate surface area is 91.3 Å². The largest absolute Gasteiger partial charge is 0.353 e. The third kappa shape index (κ3) is 3.79. The van der Waals surface area contributed by atoms with Crippen LogP contribution in [0.5, 0.6) is 0 Å². The summed E-state index contributed by atoms with van der Waals surface area (Å²) >= 11 is 0. The molecule has 90 valence electrons. The van der Waals surface area contributed by atoms with Crippen molar-refractivity contribution in [3.63, 3.8) is 0 Å². The summed E-state index contributed by atoms with van der Waals surface area (Å²) in [5, 5.41) is 0.836. The van der Waals surface area contributed by atoms with Gasteiger partial charge in [0.05, 0.1) is 5.25 Å². The number of rotatable bonds is 5. The molecule has 0 bridgehead atoms. The van der Waals surface area contributed by atoms with E-state index >= 15 is 0 Å². The van der Waals surface area contributed by atoms with Crippen molar-refractivity contribution >= 4 is 15.7 Å². The Morgan fingerprint density at radius 1 is 1.27 bits per heavy atom. The van der Waals surface area contributed by atoms with Crippen molar-refractivity contribution in [2.75, 3.05) is 6.54 Å². The van der Waals surface area contributed by atoms with Crippen LogP contribution in [-0.2, 0) is 14.6 Å². The maximum Gasteiger partial charge on any atom is 0.238 e. The van der Waals surface area contributed by atoms with E-state index in [1.807, 2.05) is 0 Å². The van der Waals surface area contributed by atoms with Gasteiger partial charge in [-0.1, -0.05) is 0 Å². The van der Waals surface area contributed by atoms with Crippen LogP contribution in [0.25, 0.3) is 0 Å². The SMILES string of the molecule is CC(C)NC(=O)C(C)S(=O)(=O)C(C)CN. The van der Waals surface area contributed by atoms with Crippen LogP contribution in [0.15, 0.2) is 0 Å². The lowest BCUT2D eigenvalue weighted by Gasteiger charge is -2.18. The number of nitrogens with two attached hydrogens (primary N) is 1. The first-order valence-electron chi connectivity index (χ1n) is 4.96. The van der Waals surface area contributed by atoms with Gasteiger partial charge in [0.25, 0.3) is 0 Å². The standard InChI is InChI=1S/C9H20N2O3S/c1-6(2)11-9(12)8(4)15(13,14)7(3)5-10/h6-8H,5,10H2,1-4H3,(H,11,12). The Morgan fingerprint density at radius 2 is 1.73 bits per heavy atom. The quantitative estimate of drug-likeness (QED) is 0.683. The van der Waals surface area contributed by atoms with Crippen molar-refractivity contribution in [3.8, 4) is 0 Å². The molecule has 0 aromatic heterocycles. The molecule has 0 aliphatic rings. The zero-order valence-corrected chi connectivity index (χ0v) is 10.5. The highest BCUT2D eigenvalue weighted by atomic mass is 32.2. The Morgan fingerprint density at radius 3 is 2.07 bits per heavy atom. The average Bonchev–Trinajstić information content (AvgIpc) is 2.13. The summed E-state index contributed by atoms with van der Waals surface area (Å²) in [4.78, 5) is 11.5. The Hall–Kier alpha value is -0.620. The smallest absolute Gasteiger partial charge is 0.238 e. The summed E-state index contributed by atoms with van der Waals surface area (Å²) in [6, 6.07) is -0.0664. The minimum Gasteiger partial charge on any atom is -0.353 e. The van der Waals surface area contributed by atoms with Gasteiger partial charge in [-0.25, -0.2) is 8.42 Å². The molecule has 0 fully saturated rings. The van der Waals surface area contributed by atoms with Gasteiger partial charge in [-0.3, -0.25) is 4.79 Å². The van der Waals surface area contributed by atoms with Gasteiger partial charge in [0.1, 0.15) is 5.25 Å². The predicted molar refractivity (Wildman–Crippen MR) is 60.2 cm³/mol. The number of hydrogen-bond acceptors (Lipinski definition) is 4. The molecule has 0 aromatic carbocycles. The molecule has 1 amide bonds. The maximum atomic E-state index is 11.7. The summed E-state index contributed by atoms with van der Waals surface area (Å²) in [5.74, 6) is -0.467. The van der Waals surface area contributed by atoms with E-state index in [0.717, 1.165) is 0 Å². The van der Waals surface area contributed by atoms with E-state index in [1.165, 1.54) is 13.8 Å². The van der Waals surface area contributed by atoms with Crippen LogP contribution in [-0.4, -0.2) is 37.4 Å². The minimum absolute atomic E-state index is 0.0294. The van der Waals surface area contributed by atoms with Crippen LogP contribution >= 0.6 is 0 Å². The van der Waals surface area contributed by atoms with Crippen molar-refractivity contribution < 1.29 is 13.2 Å². The highest BCUT2D eigenvalue weighted by Crippen LogP contribution is 2.08. The van der Waals surface area contributed by atoms with Gasteiger partial charge in [0, 0.05) is 12.6 Å². The second-order valence-electron chi connectivity index (χ2n) is 3.94. The number of carbonyl (C=O) groups is 1. The molecule has 2 unspecified atom stereocenters. The molecular formula is C9H20N2O3S. The molecule has 0 spiro atoms. The molecule has 3 N–H and O–H groups in total. The van der Waals surface area contributed by atoms with Crippen LogP contribution in [0.2, 0.25) is 0 Å². The molecular weight excluding hydrogens is 216 g/mol. The normalized spacial score (nSPS) is 16.1. The minimum atomic E-state index is -3.47. The number of carbonyl (C=O) groups excluding carboxylic acids is 1. The maximum absolute atomic E-state index is 11.7. The molecule has 5 nitrogen and oxygen atoms in total. The van der Waals surface area contributed by atoms with Gasteiger partial charge in [0.15, 0.2) is 9.84 Å². The molecule has 0 aliphatic carbocycles. The summed E-state index contributed by atoms with van der Waals surface area (Å²) in [5.41, 5.74) is 5.29. The summed E-state index contributed by atoms with van der Waals surface area (Å²) < 4.78 is 23.5. The van der Waals surface area contributed by atoms with Crippen molar-refractivity contribution in [2.45, 2.75) is 44.2 Å². The highest BCUT2D eigenvalue weighted by molar-refractivity contribution is 7.93. The molecule has 0 saturated carbocycles. The first kappa shape index (κ1) is 14.4. The zero-order chi connectivity index (χ0) is 12.2. The molecule has 0 radical (unpaired) electrons.